The molecule has 0 radical (unpaired) electrons. The van der Waals surface area contributed by atoms with E-state index in [1.54, 1.807) is 6.92 Å². The molecule has 19 heavy (non-hydrogen) atoms. The standard InChI is InChI=1S/C16H24N2O/c1-3-15(16-7-5-4-6-8-16)13-17-9-11-18(12-10-17)14(2)19/h4-8,15H,3,9-13H2,1-2H3/t15-/m0/s1. The highest BCUT2D eigenvalue weighted by Crippen LogP contribution is 2.21. The molecule has 1 amide bonds. The summed E-state index contributed by atoms with van der Waals surface area (Å²) in [7, 11) is 0. The molecule has 0 aliphatic carbocycles. The molecule has 1 aliphatic heterocycles. The smallest absolute Gasteiger partial charge is 0.219 e. The zero-order valence-electron chi connectivity index (χ0n) is 12.0. The highest BCUT2D eigenvalue weighted by molar-refractivity contribution is 5.73. The van der Waals surface area contributed by atoms with Gasteiger partial charge >= 0.3 is 0 Å². The number of carbonyl (C=O) groups is 1. The maximum Gasteiger partial charge on any atom is 0.219 e. The molecule has 1 atom stereocenters. The Morgan fingerprint density at radius 2 is 1.79 bits per heavy atom. The Kier molecular flexibility index (Phi) is 4.97. The molecule has 1 aromatic carbocycles. The summed E-state index contributed by atoms with van der Waals surface area (Å²) < 4.78 is 0. The van der Waals surface area contributed by atoms with Crippen molar-refractivity contribution in [3.05, 3.63) is 35.9 Å². The lowest BCUT2D eigenvalue weighted by Gasteiger charge is -2.36. The van der Waals surface area contributed by atoms with Gasteiger partial charge < -0.3 is 4.90 Å². The third kappa shape index (κ3) is 3.80. The quantitative estimate of drug-likeness (QED) is 0.829. The second-order valence-corrected chi connectivity index (χ2v) is 5.32. The molecule has 0 bridgehead atoms. The monoisotopic (exact) mass is 260 g/mol. The van der Waals surface area contributed by atoms with Gasteiger partial charge in [-0.1, -0.05) is 37.3 Å². The Morgan fingerprint density at radius 1 is 1.16 bits per heavy atom. The van der Waals surface area contributed by atoms with E-state index in [2.05, 4.69) is 42.2 Å². The van der Waals surface area contributed by atoms with E-state index in [0.717, 1.165) is 39.1 Å². The van der Waals surface area contributed by atoms with Crippen LogP contribution in [0.4, 0.5) is 0 Å². The van der Waals surface area contributed by atoms with E-state index in [1.165, 1.54) is 5.56 Å². The van der Waals surface area contributed by atoms with Crippen molar-refractivity contribution in [2.45, 2.75) is 26.2 Å². The van der Waals surface area contributed by atoms with Gasteiger partial charge in [-0.15, -0.1) is 0 Å². The molecule has 1 saturated heterocycles. The van der Waals surface area contributed by atoms with Gasteiger partial charge in [-0.3, -0.25) is 9.69 Å². The first-order chi connectivity index (χ1) is 9.20. The summed E-state index contributed by atoms with van der Waals surface area (Å²) in [5.41, 5.74) is 1.43. The lowest BCUT2D eigenvalue weighted by molar-refractivity contribution is -0.130. The second kappa shape index (κ2) is 6.71. The summed E-state index contributed by atoms with van der Waals surface area (Å²) >= 11 is 0. The van der Waals surface area contributed by atoms with Gasteiger partial charge in [0.1, 0.15) is 0 Å². The largest absolute Gasteiger partial charge is 0.340 e. The Hall–Kier alpha value is -1.35. The average Bonchev–Trinajstić information content (AvgIpc) is 2.46. The normalized spacial score (nSPS) is 18.3. The van der Waals surface area contributed by atoms with Gasteiger partial charge in [0.05, 0.1) is 0 Å². The zero-order valence-corrected chi connectivity index (χ0v) is 12.0. The van der Waals surface area contributed by atoms with Crippen LogP contribution in [0.3, 0.4) is 0 Å². The Balaban J connectivity index is 1.89. The molecule has 3 nitrogen and oxygen atoms in total. The molecule has 104 valence electrons. The Morgan fingerprint density at radius 3 is 2.32 bits per heavy atom. The number of hydrogen-bond acceptors (Lipinski definition) is 2. The van der Waals surface area contributed by atoms with Crippen LogP contribution in [-0.4, -0.2) is 48.4 Å². The predicted molar refractivity (Wildman–Crippen MR) is 78.2 cm³/mol. The SMILES string of the molecule is CC[C@@H](CN1CCN(C(C)=O)CC1)c1ccccc1. The molecule has 0 aromatic heterocycles. The molecular weight excluding hydrogens is 236 g/mol. The van der Waals surface area contributed by atoms with Crippen LogP contribution in [0.2, 0.25) is 0 Å². The van der Waals surface area contributed by atoms with Crippen LogP contribution in [-0.2, 0) is 4.79 Å². The summed E-state index contributed by atoms with van der Waals surface area (Å²) in [4.78, 5) is 15.7. The number of rotatable bonds is 4. The van der Waals surface area contributed by atoms with Crippen molar-refractivity contribution in [1.29, 1.82) is 0 Å². The topological polar surface area (TPSA) is 23.6 Å². The van der Waals surface area contributed by atoms with Crippen LogP contribution in [0, 0.1) is 0 Å². The fourth-order valence-electron chi connectivity index (χ4n) is 2.75. The van der Waals surface area contributed by atoms with Crippen LogP contribution in [0.1, 0.15) is 31.7 Å². The van der Waals surface area contributed by atoms with Gasteiger partial charge in [-0.05, 0) is 17.9 Å². The van der Waals surface area contributed by atoms with Crippen LogP contribution >= 0.6 is 0 Å². The molecule has 1 aromatic rings. The number of piperazine rings is 1. The van der Waals surface area contributed by atoms with Gasteiger partial charge in [0.25, 0.3) is 0 Å². The van der Waals surface area contributed by atoms with Gasteiger partial charge in [-0.2, -0.15) is 0 Å². The third-order valence-corrected chi connectivity index (χ3v) is 4.06. The lowest BCUT2D eigenvalue weighted by atomic mass is 9.96. The first-order valence-corrected chi connectivity index (χ1v) is 7.23. The van der Waals surface area contributed by atoms with Crippen LogP contribution in [0.5, 0.6) is 0 Å². The minimum absolute atomic E-state index is 0.203. The van der Waals surface area contributed by atoms with Crippen molar-refractivity contribution in [1.82, 2.24) is 9.80 Å². The molecule has 1 heterocycles. The number of nitrogens with zero attached hydrogens (tertiary/aromatic N) is 2. The summed E-state index contributed by atoms with van der Waals surface area (Å²) in [6.07, 6.45) is 1.16. The van der Waals surface area contributed by atoms with E-state index in [1.807, 2.05) is 4.90 Å². The Labute approximate surface area is 116 Å². The maximum atomic E-state index is 11.3. The van der Waals surface area contributed by atoms with E-state index in [9.17, 15) is 4.79 Å². The average molecular weight is 260 g/mol. The molecule has 0 spiro atoms. The van der Waals surface area contributed by atoms with Gasteiger partial charge in [0, 0.05) is 39.6 Å². The molecule has 3 heteroatoms. The molecule has 1 fully saturated rings. The molecule has 0 unspecified atom stereocenters. The van der Waals surface area contributed by atoms with Crippen LogP contribution in [0.15, 0.2) is 30.3 Å². The van der Waals surface area contributed by atoms with Crippen molar-refractivity contribution < 1.29 is 4.79 Å². The van der Waals surface area contributed by atoms with Crippen molar-refractivity contribution in [3.8, 4) is 0 Å². The predicted octanol–water partition coefficient (Wildman–Crippen LogP) is 2.34. The van der Waals surface area contributed by atoms with Gasteiger partial charge in [-0.25, -0.2) is 0 Å². The minimum atomic E-state index is 0.203. The summed E-state index contributed by atoms with van der Waals surface area (Å²) in [6, 6.07) is 10.7. The minimum Gasteiger partial charge on any atom is -0.340 e. The zero-order chi connectivity index (χ0) is 13.7. The third-order valence-electron chi connectivity index (χ3n) is 4.06. The highest BCUT2D eigenvalue weighted by atomic mass is 16.2. The van der Waals surface area contributed by atoms with E-state index < -0.39 is 0 Å². The molecular formula is C16H24N2O. The van der Waals surface area contributed by atoms with E-state index in [0.29, 0.717) is 5.92 Å². The van der Waals surface area contributed by atoms with Gasteiger partial charge in [0.2, 0.25) is 5.91 Å². The van der Waals surface area contributed by atoms with E-state index in [4.69, 9.17) is 0 Å². The number of benzene rings is 1. The molecule has 2 rings (SSSR count). The van der Waals surface area contributed by atoms with Crippen molar-refractivity contribution >= 4 is 5.91 Å². The van der Waals surface area contributed by atoms with Crippen molar-refractivity contribution in [2.24, 2.45) is 0 Å². The number of hydrogen-bond donors (Lipinski definition) is 0. The molecule has 1 aliphatic rings. The molecule has 0 saturated carbocycles. The maximum absolute atomic E-state index is 11.3. The first-order valence-electron chi connectivity index (χ1n) is 7.23. The van der Waals surface area contributed by atoms with E-state index in [-0.39, 0.29) is 5.91 Å². The second-order valence-electron chi connectivity index (χ2n) is 5.32. The molecule has 0 N–H and O–H groups in total. The highest BCUT2D eigenvalue weighted by Gasteiger charge is 2.21. The fraction of sp³-hybridized carbons (Fsp3) is 0.562. The first kappa shape index (κ1) is 14.1. The van der Waals surface area contributed by atoms with E-state index >= 15 is 0 Å². The fourth-order valence-corrected chi connectivity index (χ4v) is 2.75. The summed E-state index contributed by atoms with van der Waals surface area (Å²) in [6.45, 7) is 8.77. The van der Waals surface area contributed by atoms with Crippen LogP contribution in [0.25, 0.3) is 0 Å². The number of carbonyl (C=O) groups excluding carboxylic acids is 1. The Bertz CT molecular complexity index is 396. The summed E-state index contributed by atoms with van der Waals surface area (Å²) in [5, 5.41) is 0. The lowest BCUT2D eigenvalue weighted by Crippen LogP contribution is -2.48. The van der Waals surface area contributed by atoms with Gasteiger partial charge in [0.15, 0.2) is 0 Å². The van der Waals surface area contributed by atoms with Crippen molar-refractivity contribution in [2.75, 3.05) is 32.7 Å². The van der Waals surface area contributed by atoms with Crippen LogP contribution < -0.4 is 0 Å². The number of amides is 1. The summed E-state index contributed by atoms with van der Waals surface area (Å²) in [5.74, 6) is 0.805. The van der Waals surface area contributed by atoms with Crippen molar-refractivity contribution in [3.63, 3.8) is 0 Å².